The van der Waals surface area contributed by atoms with Crippen molar-refractivity contribution >= 4 is 11.8 Å². The van der Waals surface area contributed by atoms with Crippen LogP contribution < -0.4 is 5.32 Å². The van der Waals surface area contributed by atoms with Gasteiger partial charge < -0.3 is 14.6 Å². The first-order valence-corrected chi connectivity index (χ1v) is 10.4. The van der Waals surface area contributed by atoms with Crippen molar-refractivity contribution in [2.45, 2.75) is 38.3 Å². The quantitative estimate of drug-likeness (QED) is 0.712. The minimum Gasteiger partial charge on any atom is -0.445 e. The molecule has 0 spiro atoms. The van der Waals surface area contributed by atoms with Crippen molar-refractivity contribution in [3.63, 3.8) is 0 Å². The molecule has 0 bridgehead atoms. The second kappa shape index (κ2) is 7.78. The van der Waals surface area contributed by atoms with Crippen LogP contribution in [0.5, 0.6) is 0 Å². The van der Waals surface area contributed by atoms with Crippen LogP contribution in [0.1, 0.15) is 51.3 Å². The highest BCUT2D eigenvalue weighted by atomic mass is 16.4. The third kappa shape index (κ3) is 3.61. The van der Waals surface area contributed by atoms with Crippen molar-refractivity contribution in [3.05, 3.63) is 88.6 Å². The molecule has 2 amide bonds. The van der Waals surface area contributed by atoms with Crippen LogP contribution in [-0.4, -0.2) is 28.2 Å². The molecule has 152 valence electrons. The number of aryl methyl sites for hydroxylation is 2. The summed E-state index contributed by atoms with van der Waals surface area (Å²) in [6.07, 6.45) is 2.56. The van der Waals surface area contributed by atoms with Gasteiger partial charge in [0.1, 0.15) is 11.5 Å². The van der Waals surface area contributed by atoms with Crippen molar-refractivity contribution < 1.29 is 14.0 Å². The molecule has 0 aliphatic carbocycles. The zero-order chi connectivity index (χ0) is 20.5. The van der Waals surface area contributed by atoms with E-state index in [0.717, 1.165) is 35.7 Å². The predicted octanol–water partition coefficient (Wildman–Crippen LogP) is 3.22. The number of aromatic nitrogens is 1. The molecule has 1 unspecified atom stereocenters. The lowest BCUT2D eigenvalue weighted by Crippen LogP contribution is -2.37. The molecule has 2 aliphatic rings. The van der Waals surface area contributed by atoms with Crippen LogP contribution >= 0.6 is 0 Å². The Balaban J connectivity index is 1.22. The van der Waals surface area contributed by atoms with E-state index in [1.54, 1.807) is 6.07 Å². The zero-order valence-electron chi connectivity index (χ0n) is 16.6. The van der Waals surface area contributed by atoms with Crippen LogP contribution in [0.15, 0.2) is 59.0 Å². The molecule has 6 heteroatoms. The van der Waals surface area contributed by atoms with Crippen LogP contribution in [0.4, 0.5) is 0 Å². The van der Waals surface area contributed by atoms with E-state index < -0.39 is 0 Å². The summed E-state index contributed by atoms with van der Waals surface area (Å²) in [4.78, 5) is 31.5. The van der Waals surface area contributed by atoms with Gasteiger partial charge in [-0.1, -0.05) is 48.5 Å². The van der Waals surface area contributed by atoms with Crippen molar-refractivity contribution in [1.29, 1.82) is 0 Å². The van der Waals surface area contributed by atoms with E-state index in [0.29, 0.717) is 25.1 Å². The number of amides is 2. The summed E-state index contributed by atoms with van der Waals surface area (Å²) in [5.41, 5.74) is 3.67. The lowest BCUT2D eigenvalue weighted by Gasteiger charge is -2.26. The van der Waals surface area contributed by atoms with E-state index in [4.69, 9.17) is 4.42 Å². The minimum absolute atomic E-state index is 0.0245. The van der Waals surface area contributed by atoms with Gasteiger partial charge in [-0.15, -0.1) is 0 Å². The first kappa shape index (κ1) is 18.6. The molecular formula is C24H23N3O3. The Morgan fingerprint density at radius 3 is 2.77 bits per heavy atom. The highest BCUT2D eigenvalue weighted by Crippen LogP contribution is 2.29. The number of carbonyl (C=O) groups is 2. The molecule has 3 heterocycles. The Labute approximate surface area is 174 Å². The normalized spacial score (nSPS) is 17.4. The maximum atomic E-state index is 12.9. The third-order valence-corrected chi connectivity index (χ3v) is 5.86. The minimum atomic E-state index is -0.263. The molecule has 1 N–H and O–H groups in total. The van der Waals surface area contributed by atoms with Gasteiger partial charge in [0.2, 0.25) is 5.91 Å². The fraction of sp³-hybridized carbons (Fsp3) is 0.292. The molecular weight excluding hydrogens is 378 g/mol. The number of benzene rings is 2. The molecule has 30 heavy (non-hydrogen) atoms. The Morgan fingerprint density at radius 1 is 1.10 bits per heavy atom. The second-order valence-electron chi connectivity index (χ2n) is 7.85. The van der Waals surface area contributed by atoms with E-state index in [1.807, 2.05) is 41.3 Å². The Morgan fingerprint density at radius 2 is 1.90 bits per heavy atom. The number of fused-ring (bicyclic) bond motifs is 2. The second-order valence-corrected chi connectivity index (χ2v) is 7.85. The van der Waals surface area contributed by atoms with E-state index in [1.165, 1.54) is 5.56 Å². The molecule has 0 radical (unpaired) electrons. The molecule has 5 rings (SSSR count). The molecule has 1 aromatic heterocycles. The number of carbonyl (C=O) groups excluding carboxylic acids is 2. The van der Waals surface area contributed by atoms with Crippen molar-refractivity contribution in [2.24, 2.45) is 0 Å². The Kier molecular flexibility index (Phi) is 4.83. The summed E-state index contributed by atoms with van der Waals surface area (Å²) in [7, 11) is 0. The molecule has 3 aromatic rings. The maximum Gasteiger partial charge on any atom is 0.252 e. The SMILES string of the molecule is O=C1NC(CC(=O)N2CCc3oc(CCc4ccccc4)nc3C2)c2ccccc21. The molecule has 0 saturated heterocycles. The van der Waals surface area contributed by atoms with Gasteiger partial charge in [0, 0.05) is 24.9 Å². The van der Waals surface area contributed by atoms with Crippen LogP contribution in [0.3, 0.4) is 0 Å². The number of hydrogen-bond acceptors (Lipinski definition) is 4. The van der Waals surface area contributed by atoms with Gasteiger partial charge in [-0.2, -0.15) is 0 Å². The lowest BCUT2D eigenvalue weighted by atomic mass is 10.0. The van der Waals surface area contributed by atoms with E-state index in [9.17, 15) is 9.59 Å². The average Bonchev–Trinajstić information content (AvgIpc) is 3.33. The van der Waals surface area contributed by atoms with Crippen molar-refractivity contribution in [1.82, 2.24) is 15.2 Å². The number of nitrogens with one attached hydrogen (secondary N) is 1. The van der Waals surface area contributed by atoms with E-state index >= 15 is 0 Å². The van der Waals surface area contributed by atoms with Gasteiger partial charge in [-0.05, 0) is 23.6 Å². The average molecular weight is 401 g/mol. The molecule has 2 aromatic carbocycles. The van der Waals surface area contributed by atoms with Crippen LogP contribution in [0.25, 0.3) is 0 Å². The van der Waals surface area contributed by atoms with Gasteiger partial charge in [0.15, 0.2) is 5.89 Å². The maximum absolute atomic E-state index is 12.9. The number of nitrogens with zero attached hydrogens (tertiary/aromatic N) is 2. The Bertz CT molecular complexity index is 1090. The molecule has 2 aliphatic heterocycles. The standard InChI is InChI=1S/C24H23N3O3/c28-23(14-19-17-8-4-5-9-18(17)24(29)26-19)27-13-12-21-20(15-27)25-22(30-21)11-10-16-6-2-1-3-7-16/h1-9,19H,10-15H2,(H,26,29). The Hall–Kier alpha value is -3.41. The molecule has 6 nitrogen and oxygen atoms in total. The van der Waals surface area contributed by atoms with Crippen LogP contribution in [-0.2, 0) is 30.6 Å². The first-order chi connectivity index (χ1) is 14.7. The van der Waals surface area contributed by atoms with Crippen LogP contribution in [0.2, 0.25) is 0 Å². The van der Waals surface area contributed by atoms with Crippen LogP contribution in [0, 0.1) is 0 Å². The summed E-state index contributed by atoms with van der Waals surface area (Å²) in [5.74, 6) is 1.54. The van der Waals surface area contributed by atoms with Crippen molar-refractivity contribution in [3.8, 4) is 0 Å². The van der Waals surface area contributed by atoms with E-state index in [2.05, 4.69) is 22.4 Å². The monoisotopic (exact) mass is 401 g/mol. The summed E-state index contributed by atoms with van der Waals surface area (Å²) < 4.78 is 5.94. The molecule has 0 saturated carbocycles. The van der Waals surface area contributed by atoms with Gasteiger partial charge in [-0.3, -0.25) is 9.59 Å². The predicted molar refractivity (Wildman–Crippen MR) is 111 cm³/mol. The van der Waals surface area contributed by atoms with E-state index in [-0.39, 0.29) is 24.3 Å². The van der Waals surface area contributed by atoms with Gasteiger partial charge in [0.05, 0.1) is 19.0 Å². The highest BCUT2D eigenvalue weighted by molar-refractivity contribution is 5.99. The van der Waals surface area contributed by atoms with Gasteiger partial charge >= 0.3 is 0 Å². The zero-order valence-corrected chi connectivity index (χ0v) is 16.6. The number of hydrogen-bond donors (Lipinski definition) is 1. The smallest absolute Gasteiger partial charge is 0.252 e. The van der Waals surface area contributed by atoms with Gasteiger partial charge in [0.25, 0.3) is 5.91 Å². The summed E-state index contributed by atoms with van der Waals surface area (Å²) in [6.45, 7) is 1.08. The largest absolute Gasteiger partial charge is 0.445 e. The summed E-state index contributed by atoms with van der Waals surface area (Å²) in [5, 5.41) is 2.92. The first-order valence-electron chi connectivity index (χ1n) is 10.4. The molecule has 1 atom stereocenters. The fourth-order valence-electron chi connectivity index (χ4n) is 4.25. The summed E-state index contributed by atoms with van der Waals surface area (Å²) >= 11 is 0. The fourth-order valence-corrected chi connectivity index (χ4v) is 4.25. The number of rotatable bonds is 5. The summed E-state index contributed by atoms with van der Waals surface area (Å²) in [6, 6.07) is 17.5. The third-order valence-electron chi connectivity index (χ3n) is 5.86. The lowest BCUT2D eigenvalue weighted by molar-refractivity contribution is -0.132. The van der Waals surface area contributed by atoms with Crippen molar-refractivity contribution in [2.75, 3.05) is 6.54 Å². The molecule has 0 fully saturated rings. The highest BCUT2D eigenvalue weighted by Gasteiger charge is 2.32. The topological polar surface area (TPSA) is 75.4 Å². The number of oxazole rings is 1. The van der Waals surface area contributed by atoms with Gasteiger partial charge in [-0.25, -0.2) is 4.98 Å².